The third-order valence-corrected chi connectivity index (χ3v) is 3.33. The van der Waals surface area contributed by atoms with Crippen LogP contribution in [-0.2, 0) is 4.79 Å². The molecule has 1 amide bonds. The fraction of sp³-hybridized carbons (Fsp3) is 0.167. The van der Waals surface area contributed by atoms with Crippen LogP contribution in [0.25, 0.3) is 5.57 Å². The number of benzene rings is 2. The second-order valence-corrected chi connectivity index (χ2v) is 4.99. The number of aliphatic hydroxyl groups excluding tert-OH is 1. The lowest BCUT2D eigenvalue weighted by atomic mass is 10.1. The fourth-order valence-electron chi connectivity index (χ4n) is 2.15. The standard InChI is InChI=1S/C18H18FNO2/c1-13(15-8-5-9-16(19)11-15)10-18(22)20-17(12-21)14-6-3-2-4-7-14/h2-11,17,21H,12H2,1H3,(H,20,22)/b13-10-. The van der Waals surface area contributed by atoms with Crippen LogP contribution in [0.5, 0.6) is 0 Å². The molecule has 1 atom stereocenters. The normalized spacial score (nSPS) is 12.8. The van der Waals surface area contributed by atoms with Gasteiger partial charge in [-0.25, -0.2) is 4.39 Å². The Hall–Kier alpha value is -2.46. The maximum Gasteiger partial charge on any atom is 0.244 e. The predicted octanol–water partition coefficient (Wildman–Crippen LogP) is 3.08. The zero-order valence-corrected chi connectivity index (χ0v) is 12.3. The molecule has 4 heteroatoms. The number of nitrogens with one attached hydrogen (secondary N) is 1. The van der Waals surface area contributed by atoms with E-state index >= 15 is 0 Å². The molecule has 2 aromatic rings. The van der Waals surface area contributed by atoms with E-state index in [4.69, 9.17) is 0 Å². The third-order valence-electron chi connectivity index (χ3n) is 3.33. The molecule has 2 rings (SSSR count). The molecule has 0 fully saturated rings. The second kappa shape index (κ2) is 7.52. The van der Waals surface area contributed by atoms with Gasteiger partial charge in [0.15, 0.2) is 0 Å². The van der Waals surface area contributed by atoms with Gasteiger partial charge in [0.05, 0.1) is 12.6 Å². The third kappa shape index (κ3) is 4.27. The number of hydrogen-bond acceptors (Lipinski definition) is 2. The Morgan fingerprint density at radius 3 is 2.59 bits per heavy atom. The van der Waals surface area contributed by atoms with Crippen molar-refractivity contribution < 1.29 is 14.3 Å². The van der Waals surface area contributed by atoms with Gasteiger partial charge in [-0.2, -0.15) is 0 Å². The largest absolute Gasteiger partial charge is 0.394 e. The van der Waals surface area contributed by atoms with E-state index in [0.29, 0.717) is 11.1 Å². The maximum absolute atomic E-state index is 13.2. The lowest BCUT2D eigenvalue weighted by Crippen LogP contribution is -2.29. The molecule has 1 unspecified atom stereocenters. The molecule has 0 aliphatic heterocycles. The van der Waals surface area contributed by atoms with Crippen LogP contribution in [0.2, 0.25) is 0 Å². The monoisotopic (exact) mass is 299 g/mol. The summed E-state index contributed by atoms with van der Waals surface area (Å²) in [6, 6.07) is 14.8. The average Bonchev–Trinajstić information content (AvgIpc) is 2.53. The number of hydrogen-bond donors (Lipinski definition) is 2. The highest BCUT2D eigenvalue weighted by Crippen LogP contribution is 2.16. The zero-order chi connectivity index (χ0) is 15.9. The lowest BCUT2D eigenvalue weighted by Gasteiger charge is -2.15. The molecule has 0 saturated carbocycles. The van der Waals surface area contributed by atoms with Gasteiger partial charge in [-0.05, 0) is 35.8 Å². The van der Waals surface area contributed by atoms with Gasteiger partial charge < -0.3 is 10.4 Å². The Kier molecular flexibility index (Phi) is 5.44. The molecule has 0 heterocycles. The van der Waals surface area contributed by atoms with E-state index in [-0.39, 0.29) is 18.3 Å². The van der Waals surface area contributed by atoms with E-state index in [1.54, 1.807) is 19.1 Å². The quantitative estimate of drug-likeness (QED) is 0.834. The first kappa shape index (κ1) is 15.9. The minimum absolute atomic E-state index is 0.192. The van der Waals surface area contributed by atoms with Gasteiger partial charge in [-0.1, -0.05) is 42.5 Å². The summed E-state index contributed by atoms with van der Waals surface area (Å²) in [6.45, 7) is 1.55. The SMILES string of the molecule is C/C(=C/C(=O)NC(CO)c1ccccc1)c1cccc(F)c1. The minimum Gasteiger partial charge on any atom is -0.394 e. The maximum atomic E-state index is 13.2. The van der Waals surface area contributed by atoms with Crippen LogP contribution >= 0.6 is 0 Å². The Bertz CT molecular complexity index is 668. The van der Waals surface area contributed by atoms with Gasteiger partial charge in [0.1, 0.15) is 5.82 Å². The number of allylic oxidation sites excluding steroid dienone is 1. The molecular formula is C18H18FNO2. The van der Waals surface area contributed by atoms with E-state index in [2.05, 4.69) is 5.32 Å². The number of halogens is 1. The summed E-state index contributed by atoms with van der Waals surface area (Å²) >= 11 is 0. The predicted molar refractivity (Wildman–Crippen MR) is 84.5 cm³/mol. The highest BCUT2D eigenvalue weighted by atomic mass is 19.1. The van der Waals surface area contributed by atoms with Crippen LogP contribution in [0, 0.1) is 5.82 Å². The van der Waals surface area contributed by atoms with E-state index in [1.165, 1.54) is 18.2 Å². The van der Waals surface area contributed by atoms with Gasteiger partial charge in [0.25, 0.3) is 0 Å². The highest BCUT2D eigenvalue weighted by Gasteiger charge is 2.12. The van der Waals surface area contributed by atoms with Gasteiger partial charge in [-0.3, -0.25) is 4.79 Å². The summed E-state index contributed by atoms with van der Waals surface area (Å²) < 4.78 is 13.2. The lowest BCUT2D eigenvalue weighted by molar-refractivity contribution is -0.117. The molecule has 0 radical (unpaired) electrons. The van der Waals surface area contributed by atoms with Gasteiger partial charge in [0, 0.05) is 6.08 Å². The van der Waals surface area contributed by atoms with E-state index < -0.39 is 6.04 Å². The summed E-state index contributed by atoms with van der Waals surface area (Å²) in [5, 5.41) is 12.2. The number of carbonyl (C=O) groups excluding carboxylic acids is 1. The molecule has 3 nitrogen and oxygen atoms in total. The number of rotatable bonds is 5. The summed E-state index contributed by atoms with van der Waals surface area (Å²) in [7, 11) is 0. The van der Waals surface area contributed by atoms with Crippen molar-refractivity contribution in [3.05, 3.63) is 77.6 Å². The van der Waals surface area contributed by atoms with Crippen LogP contribution in [0.4, 0.5) is 4.39 Å². The van der Waals surface area contributed by atoms with Gasteiger partial charge in [-0.15, -0.1) is 0 Å². The number of amides is 1. The van der Waals surface area contributed by atoms with E-state index in [9.17, 15) is 14.3 Å². The zero-order valence-electron chi connectivity index (χ0n) is 12.3. The summed E-state index contributed by atoms with van der Waals surface area (Å²) in [4.78, 5) is 12.1. The Morgan fingerprint density at radius 2 is 1.95 bits per heavy atom. The Balaban J connectivity index is 2.09. The molecule has 114 valence electrons. The van der Waals surface area contributed by atoms with Crippen molar-refractivity contribution in [2.45, 2.75) is 13.0 Å². The van der Waals surface area contributed by atoms with Crippen molar-refractivity contribution in [3.8, 4) is 0 Å². The highest BCUT2D eigenvalue weighted by molar-refractivity contribution is 5.95. The van der Waals surface area contributed by atoms with Crippen molar-refractivity contribution in [2.75, 3.05) is 6.61 Å². The van der Waals surface area contributed by atoms with Crippen molar-refractivity contribution in [1.29, 1.82) is 0 Å². The van der Waals surface area contributed by atoms with E-state index in [0.717, 1.165) is 5.56 Å². The van der Waals surface area contributed by atoms with Crippen LogP contribution in [0.15, 0.2) is 60.7 Å². The first-order valence-corrected chi connectivity index (χ1v) is 7.00. The molecule has 0 aromatic heterocycles. The summed E-state index contributed by atoms with van der Waals surface area (Å²) in [6.07, 6.45) is 1.40. The van der Waals surface area contributed by atoms with E-state index in [1.807, 2.05) is 30.3 Å². The second-order valence-electron chi connectivity index (χ2n) is 4.99. The molecule has 0 aliphatic rings. The van der Waals surface area contributed by atoms with Crippen LogP contribution in [0.1, 0.15) is 24.1 Å². The number of aliphatic hydroxyl groups is 1. The van der Waals surface area contributed by atoms with Crippen LogP contribution in [-0.4, -0.2) is 17.6 Å². The average molecular weight is 299 g/mol. The van der Waals surface area contributed by atoms with Crippen LogP contribution < -0.4 is 5.32 Å². The molecule has 22 heavy (non-hydrogen) atoms. The van der Waals surface area contributed by atoms with Crippen molar-refractivity contribution in [3.63, 3.8) is 0 Å². The van der Waals surface area contributed by atoms with Crippen molar-refractivity contribution in [1.82, 2.24) is 5.32 Å². The van der Waals surface area contributed by atoms with Crippen LogP contribution in [0.3, 0.4) is 0 Å². The first-order chi connectivity index (χ1) is 10.6. The summed E-state index contributed by atoms with van der Waals surface area (Å²) in [5.74, 6) is -0.673. The first-order valence-electron chi connectivity index (χ1n) is 7.00. The fourth-order valence-corrected chi connectivity index (χ4v) is 2.15. The Morgan fingerprint density at radius 1 is 1.23 bits per heavy atom. The molecular weight excluding hydrogens is 281 g/mol. The van der Waals surface area contributed by atoms with Crippen molar-refractivity contribution >= 4 is 11.5 Å². The molecule has 0 aliphatic carbocycles. The molecule has 2 N–H and O–H groups in total. The Labute approximate surface area is 129 Å². The number of carbonyl (C=O) groups is 1. The molecule has 0 saturated heterocycles. The summed E-state index contributed by atoms with van der Waals surface area (Å²) in [5.41, 5.74) is 2.13. The van der Waals surface area contributed by atoms with Gasteiger partial charge in [0.2, 0.25) is 5.91 Å². The minimum atomic E-state index is -0.467. The molecule has 2 aromatic carbocycles. The van der Waals surface area contributed by atoms with Gasteiger partial charge >= 0.3 is 0 Å². The topological polar surface area (TPSA) is 49.3 Å². The smallest absolute Gasteiger partial charge is 0.244 e. The molecule has 0 spiro atoms. The van der Waals surface area contributed by atoms with Crippen molar-refractivity contribution in [2.24, 2.45) is 0 Å². The molecule has 0 bridgehead atoms.